The second-order valence-electron chi connectivity index (χ2n) is 6.34. The van der Waals surface area contributed by atoms with Crippen LogP contribution in [0, 0.1) is 6.92 Å². The van der Waals surface area contributed by atoms with Crippen LogP contribution >= 0.6 is 11.6 Å². The molecule has 0 unspecified atom stereocenters. The van der Waals surface area contributed by atoms with Gasteiger partial charge in [0.05, 0.1) is 16.7 Å². The molecule has 3 aromatic rings. The number of fused-ring (bicyclic) bond motifs is 1. The molecule has 0 atom stereocenters. The number of para-hydroxylation sites is 1. The van der Waals surface area contributed by atoms with E-state index in [0.717, 1.165) is 41.5 Å². The number of aromatic nitrogens is 3. The van der Waals surface area contributed by atoms with Crippen LogP contribution in [-0.4, -0.2) is 20.5 Å². The number of Topliss-reactive ketones (excluding diaryl/α,β-unsaturated/α-hetero) is 1. The van der Waals surface area contributed by atoms with E-state index in [1.54, 1.807) is 0 Å². The smallest absolute Gasteiger partial charge is 0.181 e. The van der Waals surface area contributed by atoms with Gasteiger partial charge in [0.2, 0.25) is 0 Å². The lowest BCUT2D eigenvalue weighted by Crippen LogP contribution is -2.04. The van der Waals surface area contributed by atoms with Crippen LogP contribution in [0.4, 0.5) is 0 Å². The van der Waals surface area contributed by atoms with Crippen molar-refractivity contribution < 1.29 is 4.79 Å². The van der Waals surface area contributed by atoms with Crippen molar-refractivity contribution in [3.8, 4) is 11.1 Å². The predicted octanol–water partition coefficient (Wildman–Crippen LogP) is 5.36. The van der Waals surface area contributed by atoms with Crippen molar-refractivity contribution in [2.45, 2.75) is 39.5 Å². The van der Waals surface area contributed by atoms with Gasteiger partial charge in [0.1, 0.15) is 5.69 Å². The molecule has 4 nitrogen and oxygen atoms in total. The van der Waals surface area contributed by atoms with E-state index in [1.165, 1.54) is 0 Å². The number of unbranched alkanes of at least 4 members (excludes halogenated alkanes) is 2. The fourth-order valence-corrected chi connectivity index (χ4v) is 3.22. The molecule has 0 radical (unpaired) electrons. The van der Waals surface area contributed by atoms with Crippen molar-refractivity contribution >= 4 is 28.3 Å². The summed E-state index contributed by atoms with van der Waals surface area (Å²) in [4.78, 5) is 17.2. The average molecular weight is 356 g/mol. The molecule has 2 aromatic heterocycles. The monoisotopic (exact) mass is 355 g/mol. The molecule has 0 aliphatic carbocycles. The molecule has 3 rings (SSSR count). The summed E-state index contributed by atoms with van der Waals surface area (Å²) in [5, 5.41) is 5.83. The lowest BCUT2D eigenvalue weighted by Gasteiger charge is -2.10. The molecule has 0 amide bonds. The minimum Gasteiger partial charge on any atom is -0.292 e. The summed E-state index contributed by atoms with van der Waals surface area (Å²) in [5.41, 5.74) is 4.15. The minimum atomic E-state index is 0.0677. The lowest BCUT2D eigenvalue weighted by molar-refractivity contribution is 0.0975. The number of hydrogen-bond donors (Lipinski definition) is 0. The Balaban J connectivity index is 2.16. The van der Waals surface area contributed by atoms with Crippen molar-refractivity contribution in [3.05, 3.63) is 46.9 Å². The van der Waals surface area contributed by atoms with Crippen molar-refractivity contribution in [1.82, 2.24) is 14.8 Å². The number of benzene rings is 1. The van der Waals surface area contributed by atoms with Crippen LogP contribution in [0.25, 0.3) is 22.0 Å². The number of rotatable bonds is 6. The summed E-state index contributed by atoms with van der Waals surface area (Å²) >= 11 is 6.37. The van der Waals surface area contributed by atoms with Gasteiger partial charge in [0, 0.05) is 30.1 Å². The highest BCUT2D eigenvalue weighted by atomic mass is 35.5. The predicted molar refractivity (Wildman–Crippen MR) is 102 cm³/mol. The molecule has 0 bridgehead atoms. The average Bonchev–Trinajstić information content (AvgIpc) is 2.94. The van der Waals surface area contributed by atoms with Crippen molar-refractivity contribution in [2.75, 3.05) is 0 Å². The van der Waals surface area contributed by atoms with Crippen molar-refractivity contribution in [2.24, 2.45) is 7.05 Å². The number of ketones is 1. The first-order valence-corrected chi connectivity index (χ1v) is 9.02. The number of halogens is 1. The van der Waals surface area contributed by atoms with E-state index in [-0.39, 0.29) is 5.78 Å². The summed E-state index contributed by atoms with van der Waals surface area (Å²) in [7, 11) is 1.91. The zero-order valence-corrected chi connectivity index (χ0v) is 15.6. The Morgan fingerprint density at radius 1 is 1.24 bits per heavy atom. The van der Waals surface area contributed by atoms with Gasteiger partial charge < -0.3 is 0 Å². The van der Waals surface area contributed by atoms with E-state index in [4.69, 9.17) is 11.6 Å². The first kappa shape index (κ1) is 17.6. The van der Waals surface area contributed by atoms with Gasteiger partial charge in [0.15, 0.2) is 5.78 Å². The summed E-state index contributed by atoms with van der Waals surface area (Å²) in [6.45, 7) is 4.14. The molecule has 0 N–H and O–H groups in total. The number of carbonyl (C=O) groups is 1. The van der Waals surface area contributed by atoms with E-state index in [0.29, 0.717) is 22.7 Å². The molecule has 0 aliphatic rings. The third kappa shape index (κ3) is 3.45. The first-order chi connectivity index (χ1) is 12.0. The Morgan fingerprint density at radius 2 is 2.04 bits per heavy atom. The number of nitrogens with zero attached hydrogens (tertiary/aromatic N) is 3. The largest absolute Gasteiger partial charge is 0.292 e. The normalized spacial score (nSPS) is 11.2. The zero-order valence-electron chi connectivity index (χ0n) is 14.8. The van der Waals surface area contributed by atoms with Crippen LogP contribution in [0.1, 0.15) is 48.8 Å². The summed E-state index contributed by atoms with van der Waals surface area (Å²) in [5.74, 6) is 0.0677. The maximum atomic E-state index is 12.6. The highest BCUT2D eigenvalue weighted by molar-refractivity contribution is 6.35. The highest BCUT2D eigenvalue weighted by Crippen LogP contribution is 2.33. The van der Waals surface area contributed by atoms with Crippen LogP contribution in [0.5, 0.6) is 0 Å². The molecule has 0 fully saturated rings. The van der Waals surface area contributed by atoms with Crippen molar-refractivity contribution in [1.29, 1.82) is 0 Å². The fraction of sp³-hybridized carbons (Fsp3) is 0.350. The molecule has 0 spiro atoms. The second kappa shape index (κ2) is 7.36. The first-order valence-electron chi connectivity index (χ1n) is 8.64. The van der Waals surface area contributed by atoms with E-state index in [9.17, 15) is 4.79 Å². The molecule has 25 heavy (non-hydrogen) atoms. The van der Waals surface area contributed by atoms with Gasteiger partial charge in [-0.3, -0.25) is 9.48 Å². The van der Waals surface area contributed by atoms with E-state index >= 15 is 0 Å². The molecule has 0 saturated carbocycles. The van der Waals surface area contributed by atoms with Crippen LogP contribution in [0.2, 0.25) is 5.02 Å². The SMILES string of the molecule is CCCCCC(=O)c1cc(-c2cnn(C)c2C)c2cccc(Cl)c2n1. The summed E-state index contributed by atoms with van der Waals surface area (Å²) in [6, 6.07) is 7.59. The quantitative estimate of drug-likeness (QED) is 0.441. The Morgan fingerprint density at radius 3 is 2.72 bits per heavy atom. The topological polar surface area (TPSA) is 47.8 Å². The second-order valence-corrected chi connectivity index (χ2v) is 6.75. The van der Waals surface area contributed by atoms with Crippen LogP contribution < -0.4 is 0 Å². The van der Waals surface area contributed by atoms with Gasteiger partial charge in [-0.2, -0.15) is 5.10 Å². The number of pyridine rings is 1. The van der Waals surface area contributed by atoms with E-state index < -0.39 is 0 Å². The van der Waals surface area contributed by atoms with Gasteiger partial charge in [-0.25, -0.2) is 4.98 Å². The van der Waals surface area contributed by atoms with Gasteiger partial charge in [-0.15, -0.1) is 0 Å². The van der Waals surface area contributed by atoms with Crippen LogP contribution in [-0.2, 0) is 7.05 Å². The van der Waals surface area contributed by atoms with Gasteiger partial charge >= 0.3 is 0 Å². The van der Waals surface area contributed by atoms with Gasteiger partial charge in [0.25, 0.3) is 0 Å². The zero-order chi connectivity index (χ0) is 18.0. The number of carbonyl (C=O) groups excluding carboxylic acids is 1. The molecule has 5 heteroatoms. The van der Waals surface area contributed by atoms with Crippen LogP contribution in [0.15, 0.2) is 30.5 Å². The summed E-state index contributed by atoms with van der Waals surface area (Å²) in [6.07, 6.45) is 5.37. The molecule has 130 valence electrons. The third-order valence-electron chi connectivity index (χ3n) is 4.61. The third-order valence-corrected chi connectivity index (χ3v) is 4.91. The molecule has 2 heterocycles. The molecule has 0 saturated heterocycles. The maximum Gasteiger partial charge on any atom is 0.181 e. The van der Waals surface area contributed by atoms with E-state index in [2.05, 4.69) is 17.0 Å². The van der Waals surface area contributed by atoms with Gasteiger partial charge in [-0.05, 0) is 31.0 Å². The Kier molecular flexibility index (Phi) is 5.19. The highest BCUT2D eigenvalue weighted by Gasteiger charge is 2.17. The number of hydrogen-bond acceptors (Lipinski definition) is 3. The molecule has 0 aliphatic heterocycles. The van der Waals surface area contributed by atoms with Gasteiger partial charge in [-0.1, -0.05) is 43.5 Å². The fourth-order valence-electron chi connectivity index (χ4n) is 3.01. The van der Waals surface area contributed by atoms with Crippen LogP contribution in [0.3, 0.4) is 0 Å². The maximum absolute atomic E-state index is 12.6. The Hall–Kier alpha value is -2.20. The molecule has 1 aromatic carbocycles. The Labute approximate surface area is 152 Å². The van der Waals surface area contributed by atoms with Crippen molar-refractivity contribution in [3.63, 3.8) is 0 Å². The Bertz CT molecular complexity index is 930. The standard InChI is InChI=1S/C20H22ClN3O/c1-4-5-6-10-19(25)18-11-15(16-12-22-24(3)13(16)2)14-8-7-9-17(21)20(14)23-18/h7-9,11-12H,4-6,10H2,1-3H3. The summed E-state index contributed by atoms with van der Waals surface area (Å²) < 4.78 is 1.83. The molecular weight excluding hydrogens is 334 g/mol. The van der Waals surface area contributed by atoms with E-state index in [1.807, 2.05) is 49.1 Å². The molecular formula is C20H22ClN3O. The number of aryl methyl sites for hydroxylation is 1. The lowest BCUT2D eigenvalue weighted by atomic mass is 9.99. The minimum absolute atomic E-state index is 0.0677.